The second-order valence-electron chi connectivity index (χ2n) is 4.45. The highest BCUT2D eigenvalue weighted by Gasteiger charge is 2.26. The molecule has 0 bridgehead atoms. The molecular formula is C13H22N2O6S2. The molecule has 2 amide bonds. The van der Waals surface area contributed by atoms with Crippen LogP contribution in [0.3, 0.4) is 0 Å². The van der Waals surface area contributed by atoms with Crippen molar-refractivity contribution < 1.29 is 28.7 Å². The first-order chi connectivity index (χ1) is 10.9. The molecule has 8 nitrogen and oxygen atoms in total. The Kier molecular flexibility index (Phi) is 11.3. The summed E-state index contributed by atoms with van der Waals surface area (Å²) in [6.45, 7) is 0.508. The fourth-order valence-corrected chi connectivity index (χ4v) is 2.20. The first kappa shape index (κ1) is 21.6. The number of methoxy groups -OCH3 is 2. The van der Waals surface area contributed by atoms with Crippen molar-refractivity contribution in [1.82, 2.24) is 10.6 Å². The number of ether oxygens (including phenoxy) is 2. The minimum atomic E-state index is -0.967. The Morgan fingerprint density at radius 1 is 0.826 bits per heavy atom. The molecule has 0 aromatic carbocycles. The van der Waals surface area contributed by atoms with Crippen LogP contribution >= 0.6 is 25.3 Å². The summed E-state index contributed by atoms with van der Waals surface area (Å²) in [4.78, 5) is 46.1. The lowest BCUT2D eigenvalue weighted by atomic mass is 10.1. The molecule has 2 atom stereocenters. The smallest absolute Gasteiger partial charge is 0.319 e. The van der Waals surface area contributed by atoms with Crippen LogP contribution in [-0.2, 0) is 28.7 Å². The summed E-state index contributed by atoms with van der Waals surface area (Å²) in [6.07, 6.45) is 0.429. The zero-order valence-corrected chi connectivity index (χ0v) is 14.8. The van der Waals surface area contributed by atoms with Gasteiger partial charge in [-0.05, 0) is 6.42 Å². The normalized spacial score (nSPS) is 12.7. The van der Waals surface area contributed by atoms with Crippen LogP contribution < -0.4 is 10.6 Å². The molecule has 2 N–H and O–H groups in total. The van der Waals surface area contributed by atoms with Crippen LogP contribution in [0.25, 0.3) is 0 Å². The van der Waals surface area contributed by atoms with Gasteiger partial charge in [0.05, 0.1) is 14.2 Å². The molecule has 0 aliphatic heterocycles. The molecule has 0 saturated heterocycles. The van der Waals surface area contributed by atoms with E-state index in [9.17, 15) is 19.2 Å². The molecule has 0 fully saturated rings. The predicted octanol–water partition coefficient (Wildman–Crippen LogP) is -0.953. The predicted molar refractivity (Wildman–Crippen MR) is 89.4 cm³/mol. The number of thiol groups is 2. The van der Waals surface area contributed by atoms with Crippen molar-refractivity contribution in [3.8, 4) is 0 Å². The molecule has 2 unspecified atom stereocenters. The summed E-state index contributed by atoms with van der Waals surface area (Å²) in [5, 5.41) is 5.11. The number of hydrogen-bond acceptors (Lipinski definition) is 8. The standard InChI is InChI=1S/C13H22N2O6S2/c1-20-12(18)8(6-22)10(16)14-4-3-5-15-11(17)9(7-23)13(19)21-2/h8-9,22-23H,3-7H2,1-2H3,(H,14,16)(H,15,17). The van der Waals surface area contributed by atoms with E-state index in [0.29, 0.717) is 6.42 Å². The minimum absolute atomic E-state index is 0.0397. The van der Waals surface area contributed by atoms with Gasteiger partial charge < -0.3 is 20.1 Å². The van der Waals surface area contributed by atoms with Crippen molar-refractivity contribution in [2.75, 3.05) is 38.8 Å². The molecule has 0 aromatic rings. The fourth-order valence-electron chi connectivity index (χ4n) is 1.57. The van der Waals surface area contributed by atoms with E-state index in [1.807, 2.05) is 0 Å². The summed E-state index contributed by atoms with van der Waals surface area (Å²) < 4.78 is 9.00. The summed E-state index contributed by atoms with van der Waals surface area (Å²) in [7, 11) is 2.39. The van der Waals surface area contributed by atoms with E-state index in [1.165, 1.54) is 14.2 Å². The minimum Gasteiger partial charge on any atom is -0.468 e. The molecule has 23 heavy (non-hydrogen) atoms. The van der Waals surface area contributed by atoms with Gasteiger partial charge in [0, 0.05) is 24.6 Å². The maximum Gasteiger partial charge on any atom is 0.319 e. The zero-order valence-electron chi connectivity index (χ0n) is 13.0. The monoisotopic (exact) mass is 366 g/mol. The molecule has 0 heterocycles. The number of carbonyl (C=O) groups is 4. The molecule has 0 aliphatic rings. The first-order valence-corrected chi connectivity index (χ1v) is 8.12. The molecular weight excluding hydrogens is 344 g/mol. The molecule has 0 saturated carbocycles. The third kappa shape index (κ3) is 7.60. The maximum atomic E-state index is 11.7. The van der Waals surface area contributed by atoms with Gasteiger partial charge in [0.1, 0.15) is 11.8 Å². The van der Waals surface area contributed by atoms with Gasteiger partial charge in [-0.1, -0.05) is 0 Å². The van der Waals surface area contributed by atoms with E-state index in [4.69, 9.17) is 0 Å². The van der Waals surface area contributed by atoms with Crippen molar-refractivity contribution in [2.24, 2.45) is 11.8 Å². The second-order valence-corrected chi connectivity index (χ2v) is 5.18. The molecule has 0 rings (SSSR count). The highest BCUT2D eigenvalue weighted by atomic mass is 32.1. The zero-order chi connectivity index (χ0) is 17.8. The van der Waals surface area contributed by atoms with E-state index >= 15 is 0 Å². The van der Waals surface area contributed by atoms with Crippen molar-refractivity contribution in [3.63, 3.8) is 0 Å². The van der Waals surface area contributed by atoms with Crippen LogP contribution in [0.5, 0.6) is 0 Å². The van der Waals surface area contributed by atoms with Gasteiger partial charge in [0.2, 0.25) is 11.8 Å². The molecule has 0 radical (unpaired) electrons. The maximum absolute atomic E-state index is 11.7. The van der Waals surface area contributed by atoms with Crippen LogP contribution in [0.4, 0.5) is 0 Å². The Morgan fingerprint density at radius 3 is 1.43 bits per heavy atom. The van der Waals surface area contributed by atoms with Crippen LogP contribution in [0.2, 0.25) is 0 Å². The average molecular weight is 366 g/mol. The Hall–Kier alpha value is -1.42. The molecule has 0 aromatic heterocycles. The van der Waals surface area contributed by atoms with Gasteiger partial charge in [-0.2, -0.15) is 25.3 Å². The Labute approximate surface area is 145 Å². The number of amides is 2. The van der Waals surface area contributed by atoms with Gasteiger partial charge in [-0.3, -0.25) is 19.2 Å². The lowest BCUT2D eigenvalue weighted by Crippen LogP contribution is -2.40. The SMILES string of the molecule is COC(=O)C(CS)C(=O)NCCCNC(=O)C(CS)C(=O)OC. The molecule has 0 aliphatic carbocycles. The van der Waals surface area contributed by atoms with Crippen LogP contribution in [-0.4, -0.2) is 62.6 Å². The van der Waals surface area contributed by atoms with Gasteiger partial charge in [0.15, 0.2) is 0 Å². The van der Waals surface area contributed by atoms with E-state index in [1.54, 1.807) is 0 Å². The van der Waals surface area contributed by atoms with Crippen molar-refractivity contribution in [3.05, 3.63) is 0 Å². The Morgan fingerprint density at radius 2 is 1.17 bits per heavy atom. The number of esters is 2. The van der Waals surface area contributed by atoms with Crippen LogP contribution in [0.15, 0.2) is 0 Å². The van der Waals surface area contributed by atoms with Gasteiger partial charge in [-0.15, -0.1) is 0 Å². The highest BCUT2D eigenvalue weighted by molar-refractivity contribution is 7.80. The number of carbonyl (C=O) groups excluding carboxylic acids is 4. The Balaban J connectivity index is 4.09. The van der Waals surface area contributed by atoms with E-state index in [2.05, 4.69) is 45.4 Å². The van der Waals surface area contributed by atoms with Crippen molar-refractivity contribution in [2.45, 2.75) is 6.42 Å². The molecule has 0 spiro atoms. The average Bonchev–Trinajstić information content (AvgIpc) is 2.55. The fraction of sp³-hybridized carbons (Fsp3) is 0.692. The summed E-state index contributed by atoms with van der Waals surface area (Å²) in [5.41, 5.74) is 0. The summed E-state index contributed by atoms with van der Waals surface area (Å²) in [5.74, 6) is -4.13. The topological polar surface area (TPSA) is 111 Å². The van der Waals surface area contributed by atoms with E-state index in [-0.39, 0.29) is 24.6 Å². The van der Waals surface area contributed by atoms with Crippen LogP contribution in [0.1, 0.15) is 6.42 Å². The first-order valence-electron chi connectivity index (χ1n) is 6.85. The lowest BCUT2D eigenvalue weighted by molar-refractivity contribution is -0.150. The Bertz CT molecular complexity index is 395. The molecule has 10 heteroatoms. The van der Waals surface area contributed by atoms with Gasteiger partial charge >= 0.3 is 11.9 Å². The van der Waals surface area contributed by atoms with Crippen molar-refractivity contribution >= 4 is 49.0 Å². The van der Waals surface area contributed by atoms with Gasteiger partial charge in [-0.25, -0.2) is 0 Å². The number of hydrogen-bond donors (Lipinski definition) is 4. The summed E-state index contributed by atoms with van der Waals surface area (Å²) >= 11 is 7.86. The van der Waals surface area contributed by atoms with E-state index < -0.39 is 35.6 Å². The number of rotatable bonds is 10. The van der Waals surface area contributed by atoms with Crippen LogP contribution in [0, 0.1) is 11.8 Å². The second kappa shape index (κ2) is 12.1. The number of nitrogens with one attached hydrogen (secondary N) is 2. The highest BCUT2D eigenvalue weighted by Crippen LogP contribution is 2.03. The van der Waals surface area contributed by atoms with Crippen molar-refractivity contribution in [1.29, 1.82) is 0 Å². The summed E-state index contributed by atoms with van der Waals surface area (Å²) in [6, 6.07) is 0. The largest absolute Gasteiger partial charge is 0.468 e. The third-order valence-electron chi connectivity index (χ3n) is 2.92. The quantitative estimate of drug-likeness (QED) is 0.172. The molecule has 132 valence electrons. The van der Waals surface area contributed by atoms with E-state index in [0.717, 1.165) is 0 Å². The third-order valence-corrected chi connectivity index (χ3v) is 3.65. The lowest BCUT2D eigenvalue weighted by Gasteiger charge is -2.14. The van der Waals surface area contributed by atoms with Gasteiger partial charge in [0.25, 0.3) is 0 Å².